The molecule has 0 radical (unpaired) electrons. The van der Waals surface area contributed by atoms with Crippen molar-refractivity contribution in [2.75, 3.05) is 4.90 Å². The maximum Gasteiger partial charge on any atom is 0.0626 e. The van der Waals surface area contributed by atoms with Gasteiger partial charge in [-0.2, -0.15) is 0 Å². The molecule has 2 aromatic heterocycles. The molecule has 168 valence electrons. The van der Waals surface area contributed by atoms with Crippen LogP contribution in [0.1, 0.15) is 0 Å². The second-order valence-electron chi connectivity index (χ2n) is 9.43. The first kappa shape index (κ1) is 19.5. The molecular formula is C34H22N2. The topological polar surface area (TPSA) is 7.65 Å². The zero-order valence-corrected chi connectivity index (χ0v) is 19.6. The van der Waals surface area contributed by atoms with E-state index in [0.29, 0.717) is 0 Å². The molecule has 0 aliphatic rings. The molecule has 0 fully saturated rings. The van der Waals surface area contributed by atoms with Gasteiger partial charge in [0, 0.05) is 38.6 Å². The third kappa shape index (κ3) is 2.61. The van der Waals surface area contributed by atoms with Crippen LogP contribution in [0.5, 0.6) is 0 Å². The maximum absolute atomic E-state index is 2.46. The molecule has 0 unspecified atom stereocenters. The quantitative estimate of drug-likeness (QED) is 0.256. The highest BCUT2D eigenvalue weighted by Gasteiger charge is 2.21. The Morgan fingerprint density at radius 1 is 0.417 bits per heavy atom. The Morgan fingerprint density at radius 3 is 1.78 bits per heavy atom. The Balaban J connectivity index is 1.50. The van der Waals surface area contributed by atoms with Crippen molar-refractivity contribution in [2.24, 2.45) is 0 Å². The lowest BCUT2D eigenvalue weighted by atomic mass is 10.00. The molecule has 0 amide bonds. The second kappa shape index (κ2) is 7.34. The second-order valence-corrected chi connectivity index (χ2v) is 9.43. The highest BCUT2D eigenvalue weighted by atomic mass is 15.1. The van der Waals surface area contributed by atoms with Crippen molar-refractivity contribution < 1.29 is 0 Å². The predicted molar refractivity (Wildman–Crippen MR) is 153 cm³/mol. The number of para-hydroxylation sites is 3. The molecule has 0 N–H and O–H groups in total. The number of rotatable bonds is 3. The Hall–Kier alpha value is -4.82. The molecule has 0 spiro atoms. The fourth-order valence-corrected chi connectivity index (χ4v) is 5.97. The highest BCUT2D eigenvalue weighted by molar-refractivity contribution is 6.31. The van der Waals surface area contributed by atoms with Crippen molar-refractivity contribution in [3.8, 4) is 0 Å². The van der Waals surface area contributed by atoms with Crippen molar-refractivity contribution in [1.29, 1.82) is 0 Å². The van der Waals surface area contributed by atoms with Crippen molar-refractivity contribution in [1.82, 2.24) is 4.40 Å². The minimum Gasteiger partial charge on any atom is -0.310 e. The average molecular weight is 459 g/mol. The zero-order chi connectivity index (χ0) is 23.6. The summed E-state index contributed by atoms with van der Waals surface area (Å²) in [6.45, 7) is 0. The monoisotopic (exact) mass is 458 g/mol. The summed E-state index contributed by atoms with van der Waals surface area (Å²) in [5, 5.41) is 7.84. The normalized spacial score (nSPS) is 11.9. The van der Waals surface area contributed by atoms with Gasteiger partial charge >= 0.3 is 0 Å². The number of aromatic nitrogens is 1. The van der Waals surface area contributed by atoms with Gasteiger partial charge in [-0.1, -0.05) is 78.9 Å². The van der Waals surface area contributed by atoms with E-state index in [1.807, 2.05) is 0 Å². The number of hydrogen-bond acceptors (Lipinski definition) is 1. The summed E-state index contributed by atoms with van der Waals surface area (Å²) in [4.78, 5) is 2.34. The molecule has 2 heterocycles. The number of fused-ring (bicyclic) bond motifs is 8. The van der Waals surface area contributed by atoms with Crippen LogP contribution in [0, 0.1) is 0 Å². The lowest BCUT2D eigenvalue weighted by molar-refractivity contribution is 1.29. The van der Waals surface area contributed by atoms with E-state index >= 15 is 0 Å². The van der Waals surface area contributed by atoms with Gasteiger partial charge in [0.25, 0.3) is 0 Å². The van der Waals surface area contributed by atoms with E-state index in [1.54, 1.807) is 0 Å². The van der Waals surface area contributed by atoms with E-state index in [-0.39, 0.29) is 0 Å². The largest absolute Gasteiger partial charge is 0.310 e. The molecule has 6 aromatic carbocycles. The molecule has 0 bridgehead atoms. The van der Waals surface area contributed by atoms with E-state index in [0.717, 1.165) is 17.1 Å². The SMILES string of the molecule is c1ccc(N(c2ccccc2)c2ccc3c(c2)c2cc4ccccc4c4c5ccccc5n3c24)cc1. The Kier molecular flexibility index (Phi) is 3.97. The van der Waals surface area contributed by atoms with Gasteiger partial charge < -0.3 is 9.30 Å². The van der Waals surface area contributed by atoms with Gasteiger partial charge in [0.15, 0.2) is 0 Å². The van der Waals surface area contributed by atoms with E-state index in [4.69, 9.17) is 0 Å². The minimum atomic E-state index is 1.15. The molecule has 0 saturated carbocycles. The Labute approximate surface area is 208 Å². The molecule has 2 nitrogen and oxygen atoms in total. The molecule has 2 heteroatoms. The molecule has 8 rings (SSSR count). The van der Waals surface area contributed by atoms with E-state index in [1.165, 1.54) is 48.9 Å². The summed E-state index contributed by atoms with van der Waals surface area (Å²) in [5.74, 6) is 0. The van der Waals surface area contributed by atoms with Crippen LogP contribution in [0.4, 0.5) is 17.1 Å². The van der Waals surface area contributed by atoms with Crippen LogP contribution in [0.2, 0.25) is 0 Å². The van der Waals surface area contributed by atoms with Crippen LogP contribution in [0.25, 0.3) is 48.9 Å². The lowest BCUT2D eigenvalue weighted by Gasteiger charge is -2.25. The highest BCUT2D eigenvalue weighted by Crippen LogP contribution is 2.44. The van der Waals surface area contributed by atoms with Gasteiger partial charge in [0.2, 0.25) is 0 Å². The summed E-state index contributed by atoms with van der Waals surface area (Å²) in [7, 11) is 0. The minimum absolute atomic E-state index is 1.15. The fourth-order valence-electron chi connectivity index (χ4n) is 5.97. The van der Waals surface area contributed by atoms with Crippen LogP contribution < -0.4 is 4.90 Å². The first-order valence-electron chi connectivity index (χ1n) is 12.4. The first-order chi connectivity index (χ1) is 17.9. The van der Waals surface area contributed by atoms with Crippen LogP contribution in [-0.4, -0.2) is 4.40 Å². The van der Waals surface area contributed by atoms with Gasteiger partial charge in [-0.3, -0.25) is 0 Å². The summed E-state index contributed by atoms with van der Waals surface area (Å²) >= 11 is 0. The van der Waals surface area contributed by atoms with Gasteiger partial charge in [-0.15, -0.1) is 0 Å². The number of hydrogen-bond donors (Lipinski definition) is 0. The standard InChI is InChI=1S/C34H22N2/c1-3-12-24(13-4-1)35(25-14-5-2-6-15-25)26-19-20-32-29(22-26)30-21-23-11-7-8-16-27(23)33-28-17-9-10-18-31(28)36(32)34(30)33/h1-22H. The maximum atomic E-state index is 2.46. The number of nitrogens with zero attached hydrogens (tertiary/aromatic N) is 2. The summed E-state index contributed by atoms with van der Waals surface area (Å²) in [6, 6.07) is 48.1. The molecule has 36 heavy (non-hydrogen) atoms. The Bertz CT molecular complexity index is 2000. The average Bonchev–Trinajstić information content (AvgIpc) is 3.45. The van der Waals surface area contributed by atoms with Crippen LogP contribution >= 0.6 is 0 Å². The summed E-state index contributed by atoms with van der Waals surface area (Å²) in [6.07, 6.45) is 0. The lowest BCUT2D eigenvalue weighted by Crippen LogP contribution is -2.09. The molecule has 0 saturated heterocycles. The van der Waals surface area contributed by atoms with E-state index < -0.39 is 0 Å². The molecule has 0 aliphatic heterocycles. The molecule has 8 aromatic rings. The predicted octanol–water partition coefficient (Wildman–Crippen LogP) is 9.46. The van der Waals surface area contributed by atoms with Gasteiger partial charge in [-0.05, 0) is 65.4 Å². The van der Waals surface area contributed by atoms with E-state index in [2.05, 4.69) is 143 Å². The molecular weight excluding hydrogens is 436 g/mol. The van der Waals surface area contributed by atoms with Crippen LogP contribution in [-0.2, 0) is 0 Å². The van der Waals surface area contributed by atoms with Gasteiger partial charge in [0.1, 0.15) is 0 Å². The summed E-state index contributed by atoms with van der Waals surface area (Å²) < 4.78 is 2.46. The van der Waals surface area contributed by atoms with Crippen molar-refractivity contribution in [3.63, 3.8) is 0 Å². The van der Waals surface area contributed by atoms with E-state index in [9.17, 15) is 0 Å². The fraction of sp³-hybridized carbons (Fsp3) is 0. The van der Waals surface area contributed by atoms with Crippen LogP contribution in [0.15, 0.2) is 133 Å². The van der Waals surface area contributed by atoms with Crippen molar-refractivity contribution in [2.45, 2.75) is 0 Å². The third-order valence-electron chi connectivity index (χ3n) is 7.46. The number of anilines is 3. The smallest absolute Gasteiger partial charge is 0.0626 e. The Morgan fingerprint density at radius 2 is 1.03 bits per heavy atom. The van der Waals surface area contributed by atoms with Crippen LogP contribution in [0.3, 0.4) is 0 Å². The third-order valence-corrected chi connectivity index (χ3v) is 7.46. The number of benzene rings is 6. The van der Waals surface area contributed by atoms with Gasteiger partial charge in [0.05, 0.1) is 16.6 Å². The zero-order valence-electron chi connectivity index (χ0n) is 19.6. The molecule has 0 aliphatic carbocycles. The molecule has 0 atom stereocenters. The van der Waals surface area contributed by atoms with Crippen molar-refractivity contribution >= 4 is 65.9 Å². The first-order valence-corrected chi connectivity index (χ1v) is 12.4. The summed E-state index contributed by atoms with van der Waals surface area (Å²) in [5.41, 5.74) is 7.28. The van der Waals surface area contributed by atoms with Gasteiger partial charge in [-0.25, -0.2) is 0 Å². The van der Waals surface area contributed by atoms with Crippen molar-refractivity contribution in [3.05, 3.63) is 133 Å².